The molecule has 1 aromatic rings. The average molecular weight is 315 g/mol. The molecule has 0 saturated carbocycles. The van der Waals surface area contributed by atoms with E-state index in [4.69, 9.17) is 5.11 Å². The molecule has 1 amide bonds. The van der Waals surface area contributed by atoms with Crippen molar-refractivity contribution < 1.29 is 31.9 Å². The lowest BCUT2D eigenvalue weighted by Crippen LogP contribution is -2.36. The molecule has 0 bridgehead atoms. The number of nitrogens with one attached hydrogen (secondary N) is 1. The number of halogens is 5. The van der Waals surface area contributed by atoms with Crippen LogP contribution in [-0.4, -0.2) is 35.6 Å². The molecule has 0 saturated heterocycles. The molecular weight excluding hydrogens is 305 g/mol. The predicted molar refractivity (Wildman–Crippen MR) is 62.7 cm³/mol. The minimum atomic E-state index is -4.57. The van der Waals surface area contributed by atoms with Gasteiger partial charge < -0.3 is 10.4 Å². The second kappa shape index (κ2) is 6.89. The van der Waals surface area contributed by atoms with E-state index >= 15 is 0 Å². The lowest BCUT2D eigenvalue weighted by atomic mass is 10.2. The Balaban J connectivity index is 2.78. The number of thioether (sulfide) groups is 1. The first-order valence-electron chi connectivity index (χ1n) is 5.30. The van der Waals surface area contributed by atoms with Crippen molar-refractivity contribution in [3.05, 3.63) is 29.8 Å². The SMILES string of the molecule is O=C(NCC(O)C(F)F)c1ccccc1SC(F)(F)F. The molecule has 1 unspecified atom stereocenters. The molecule has 9 heteroatoms. The van der Waals surface area contributed by atoms with Crippen LogP contribution in [0.25, 0.3) is 0 Å². The van der Waals surface area contributed by atoms with Crippen LogP contribution < -0.4 is 5.32 Å². The van der Waals surface area contributed by atoms with Gasteiger partial charge in [-0.15, -0.1) is 0 Å². The number of alkyl halides is 5. The zero-order chi connectivity index (χ0) is 15.3. The summed E-state index contributed by atoms with van der Waals surface area (Å²) >= 11 is -0.475. The molecule has 1 aromatic carbocycles. The number of carbonyl (C=O) groups is 1. The predicted octanol–water partition coefficient (Wildman–Crippen LogP) is 2.65. The summed E-state index contributed by atoms with van der Waals surface area (Å²) in [5.41, 5.74) is -4.87. The first kappa shape index (κ1) is 16.7. The molecule has 0 spiro atoms. The molecule has 20 heavy (non-hydrogen) atoms. The monoisotopic (exact) mass is 315 g/mol. The van der Waals surface area contributed by atoms with Crippen molar-refractivity contribution in [2.45, 2.75) is 22.9 Å². The van der Waals surface area contributed by atoms with E-state index in [1.54, 1.807) is 0 Å². The van der Waals surface area contributed by atoms with Crippen LogP contribution in [-0.2, 0) is 0 Å². The van der Waals surface area contributed by atoms with Gasteiger partial charge in [-0.2, -0.15) is 13.2 Å². The van der Waals surface area contributed by atoms with Gasteiger partial charge in [-0.3, -0.25) is 4.79 Å². The van der Waals surface area contributed by atoms with Crippen molar-refractivity contribution in [2.24, 2.45) is 0 Å². The van der Waals surface area contributed by atoms with E-state index in [-0.39, 0.29) is 10.5 Å². The van der Waals surface area contributed by atoms with Gasteiger partial charge in [0.25, 0.3) is 12.3 Å². The lowest BCUT2D eigenvalue weighted by molar-refractivity contribution is -0.0328. The number of aliphatic hydroxyl groups is 1. The molecule has 3 nitrogen and oxygen atoms in total. The second-order valence-electron chi connectivity index (χ2n) is 3.66. The van der Waals surface area contributed by atoms with Crippen molar-refractivity contribution >= 4 is 17.7 Å². The quantitative estimate of drug-likeness (QED) is 0.649. The van der Waals surface area contributed by atoms with Crippen molar-refractivity contribution in [1.82, 2.24) is 5.32 Å². The fraction of sp³-hybridized carbons (Fsp3) is 0.364. The van der Waals surface area contributed by atoms with E-state index in [1.165, 1.54) is 12.1 Å². The Morgan fingerprint density at radius 2 is 1.90 bits per heavy atom. The van der Waals surface area contributed by atoms with Crippen LogP contribution in [0.3, 0.4) is 0 Å². The summed E-state index contributed by atoms with van der Waals surface area (Å²) in [6, 6.07) is 4.90. The highest BCUT2D eigenvalue weighted by Gasteiger charge is 2.31. The van der Waals surface area contributed by atoms with Crippen LogP contribution in [0.4, 0.5) is 22.0 Å². The van der Waals surface area contributed by atoms with Crippen LogP contribution in [0.2, 0.25) is 0 Å². The number of benzene rings is 1. The van der Waals surface area contributed by atoms with Crippen LogP contribution in [0.15, 0.2) is 29.2 Å². The van der Waals surface area contributed by atoms with Gasteiger partial charge in [0.1, 0.15) is 6.10 Å². The zero-order valence-electron chi connectivity index (χ0n) is 9.82. The third-order valence-corrected chi connectivity index (χ3v) is 2.93. The van der Waals surface area contributed by atoms with Gasteiger partial charge in [0.2, 0.25) is 0 Å². The van der Waals surface area contributed by atoms with Gasteiger partial charge in [0, 0.05) is 11.4 Å². The lowest BCUT2D eigenvalue weighted by Gasteiger charge is -2.13. The first-order valence-corrected chi connectivity index (χ1v) is 6.11. The molecule has 0 aliphatic rings. The highest BCUT2D eigenvalue weighted by atomic mass is 32.2. The van der Waals surface area contributed by atoms with Gasteiger partial charge in [-0.25, -0.2) is 8.78 Å². The maximum atomic E-state index is 12.3. The second-order valence-corrected chi connectivity index (χ2v) is 4.76. The number of hydrogen-bond donors (Lipinski definition) is 2. The largest absolute Gasteiger partial charge is 0.446 e. The normalized spacial score (nSPS) is 13.3. The Labute approximate surface area is 115 Å². The molecule has 1 atom stereocenters. The van der Waals surface area contributed by atoms with Crippen molar-refractivity contribution in [3.63, 3.8) is 0 Å². The number of amides is 1. The Kier molecular flexibility index (Phi) is 5.75. The van der Waals surface area contributed by atoms with Crippen molar-refractivity contribution in [2.75, 3.05) is 6.54 Å². The Hall–Kier alpha value is -1.35. The third kappa shape index (κ3) is 5.33. The van der Waals surface area contributed by atoms with E-state index in [0.717, 1.165) is 12.1 Å². The maximum Gasteiger partial charge on any atom is 0.446 e. The number of rotatable bonds is 5. The Morgan fingerprint density at radius 3 is 2.45 bits per heavy atom. The van der Waals surface area contributed by atoms with E-state index < -0.39 is 42.3 Å². The molecule has 0 aliphatic carbocycles. The van der Waals surface area contributed by atoms with Gasteiger partial charge in [-0.1, -0.05) is 12.1 Å². The standard InChI is InChI=1S/C11H10F5NO2S/c12-9(13)7(18)5-17-10(19)6-3-1-2-4-8(6)20-11(14,15)16/h1-4,7,9,18H,5H2,(H,17,19). The Bertz CT molecular complexity index is 466. The van der Waals surface area contributed by atoms with Crippen LogP contribution in [0.5, 0.6) is 0 Å². The molecule has 2 N–H and O–H groups in total. The van der Waals surface area contributed by atoms with Crippen molar-refractivity contribution in [1.29, 1.82) is 0 Å². The molecule has 0 fully saturated rings. The van der Waals surface area contributed by atoms with Crippen molar-refractivity contribution in [3.8, 4) is 0 Å². The Morgan fingerprint density at radius 1 is 1.30 bits per heavy atom. The third-order valence-electron chi connectivity index (χ3n) is 2.12. The molecule has 1 rings (SSSR count). The minimum absolute atomic E-state index is 0.295. The molecule has 0 aliphatic heterocycles. The number of aliphatic hydroxyl groups excluding tert-OH is 1. The summed E-state index contributed by atoms with van der Waals surface area (Å²) in [5, 5.41) is 10.8. The molecule has 0 aromatic heterocycles. The summed E-state index contributed by atoms with van der Waals surface area (Å²) in [6.45, 7) is -0.748. The summed E-state index contributed by atoms with van der Waals surface area (Å²) in [5.74, 6) is -0.961. The van der Waals surface area contributed by atoms with E-state index in [1.807, 2.05) is 5.32 Å². The van der Waals surface area contributed by atoms with Crippen LogP contribution in [0.1, 0.15) is 10.4 Å². The van der Waals surface area contributed by atoms with Gasteiger partial charge >= 0.3 is 5.51 Å². The van der Waals surface area contributed by atoms with Crippen LogP contribution in [0, 0.1) is 0 Å². The highest BCUT2D eigenvalue weighted by Crippen LogP contribution is 2.38. The van der Waals surface area contributed by atoms with E-state index in [2.05, 4.69) is 0 Å². The van der Waals surface area contributed by atoms with E-state index in [0.29, 0.717) is 0 Å². The fourth-order valence-electron chi connectivity index (χ4n) is 1.25. The highest BCUT2D eigenvalue weighted by molar-refractivity contribution is 8.00. The summed E-state index contributed by atoms with van der Waals surface area (Å²) < 4.78 is 60.9. The van der Waals surface area contributed by atoms with Gasteiger partial charge in [0.15, 0.2) is 0 Å². The van der Waals surface area contributed by atoms with Gasteiger partial charge in [0.05, 0.1) is 5.56 Å². The summed E-state index contributed by atoms with van der Waals surface area (Å²) in [4.78, 5) is 11.3. The van der Waals surface area contributed by atoms with E-state index in [9.17, 15) is 26.7 Å². The van der Waals surface area contributed by atoms with Gasteiger partial charge in [-0.05, 0) is 23.9 Å². The zero-order valence-corrected chi connectivity index (χ0v) is 10.6. The summed E-state index contributed by atoms with van der Waals surface area (Å²) in [7, 11) is 0. The first-order chi connectivity index (χ1) is 9.20. The molecule has 0 heterocycles. The number of hydrogen-bond acceptors (Lipinski definition) is 3. The average Bonchev–Trinajstić information content (AvgIpc) is 2.34. The number of carbonyl (C=O) groups excluding carboxylic acids is 1. The molecule has 0 radical (unpaired) electrons. The minimum Gasteiger partial charge on any atom is -0.385 e. The molecular formula is C11H10F5NO2S. The smallest absolute Gasteiger partial charge is 0.385 e. The summed E-state index contributed by atoms with van der Waals surface area (Å²) in [6.07, 6.45) is -5.11. The maximum absolute atomic E-state index is 12.3. The van der Waals surface area contributed by atoms with Crippen LogP contribution >= 0.6 is 11.8 Å². The topological polar surface area (TPSA) is 49.3 Å². The molecule has 112 valence electrons. The fourth-order valence-corrected chi connectivity index (χ4v) is 1.92.